The van der Waals surface area contributed by atoms with E-state index in [0.29, 0.717) is 16.8 Å². The Labute approximate surface area is 150 Å². The normalized spacial score (nSPS) is 15.5. The minimum Gasteiger partial charge on any atom is -0.457 e. The Bertz CT molecular complexity index is 678. The van der Waals surface area contributed by atoms with Crippen LogP contribution in [-0.2, 0) is 6.54 Å². The Morgan fingerprint density at radius 1 is 1.33 bits per heavy atom. The topological polar surface area (TPSA) is 61.6 Å². The first-order valence-electron chi connectivity index (χ1n) is 8.10. The third kappa shape index (κ3) is 4.15. The largest absolute Gasteiger partial charge is 0.457 e. The van der Waals surface area contributed by atoms with Gasteiger partial charge in [0.2, 0.25) is 0 Å². The van der Waals surface area contributed by atoms with Crippen LogP contribution in [0, 0.1) is 0 Å². The Morgan fingerprint density at radius 2 is 2.12 bits per heavy atom. The second-order valence-electron chi connectivity index (χ2n) is 5.77. The van der Waals surface area contributed by atoms with Crippen LogP contribution in [0.15, 0.2) is 39.7 Å². The molecule has 6 nitrogen and oxygen atoms in total. The maximum atomic E-state index is 12.0. The number of pyridine rings is 1. The highest BCUT2D eigenvalue weighted by molar-refractivity contribution is 9.10. The summed E-state index contributed by atoms with van der Waals surface area (Å²) < 4.78 is 5.61. The van der Waals surface area contributed by atoms with Crippen molar-refractivity contribution in [2.75, 3.05) is 37.6 Å². The van der Waals surface area contributed by atoms with Gasteiger partial charge in [-0.25, -0.2) is 4.98 Å². The van der Waals surface area contributed by atoms with E-state index in [0.717, 1.165) is 44.1 Å². The Morgan fingerprint density at radius 3 is 2.71 bits per heavy atom. The van der Waals surface area contributed by atoms with E-state index in [1.165, 1.54) is 6.26 Å². The molecule has 0 aromatic carbocycles. The van der Waals surface area contributed by atoms with Crippen molar-refractivity contribution in [1.82, 2.24) is 15.2 Å². The Kier molecular flexibility index (Phi) is 5.52. The summed E-state index contributed by atoms with van der Waals surface area (Å²) in [5, 5.41) is 2.86. The highest BCUT2D eigenvalue weighted by atomic mass is 79.9. The van der Waals surface area contributed by atoms with Crippen LogP contribution >= 0.6 is 15.9 Å². The van der Waals surface area contributed by atoms with Crippen LogP contribution in [0.2, 0.25) is 0 Å². The average Bonchev–Trinajstić information content (AvgIpc) is 3.07. The van der Waals surface area contributed by atoms with E-state index in [-0.39, 0.29) is 5.91 Å². The van der Waals surface area contributed by atoms with Gasteiger partial charge in [-0.1, -0.05) is 13.0 Å². The number of carbonyl (C=O) groups excluding carboxylic acids is 1. The molecule has 3 heterocycles. The Balaban J connectivity index is 1.52. The van der Waals surface area contributed by atoms with E-state index < -0.39 is 0 Å². The number of rotatable bonds is 5. The van der Waals surface area contributed by atoms with Crippen molar-refractivity contribution in [3.63, 3.8) is 0 Å². The second-order valence-corrected chi connectivity index (χ2v) is 6.55. The zero-order chi connectivity index (χ0) is 16.9. The number of piperazine rings is 1. The van der Waals surface area contributed by atoms with Crippen molar-refractivity contribution in [3.8, 4) is 0 Å². The first-order chi connectivity index (χ1) is 11.7. The average molecular weight is 393 g/mol. The third-order valence-corrected chi connectivity index (χ3v) is 4.65. The van der Waals surface area contributed by atoms with Gasteiger partial charge in [-0.05, 0) is 34.1 Å². The minimum absolute atomic E-state index is 0.163. The first-order valence-corrected chi connectivity index (χ1v) is 8.89. The van der Waals surface area contributed by atoms with Gasteiger partial charge in [0.25, 0.3) is 5.91 Å². The molecular formula is C17H21BrN4O2. The molecule has 1 N–H and O–H groups in total. The Hall–Kier alpha value is -1.86. The number of aromatic nitrogens is 1. The van der Waals surface area contributed by atoms with Gasteiger partial charge < -0.3 is 19.5 Å². The molecule has 0 atom stereocenters. The van der Waals surface area contributed by atoms with E-state index >= 15 is 0 Å². The van der Waals surface area contributed by atoms with Gasteiger partial charge in [0, 0.05) is 45.0 Å². The van der Waals surface area contributed by atoms with E-state index in [2.05, 4.69) is 43.0 Å². The fraction of sp³-hybridized carbons (Fsp3) is 0.412. The standard InChI is InChI=1S/C17H21BrN4O2/c1-2-21-5-7-22(8-6-21)16-4-3-13(10-19-16)11-20-17(23)14-9-15(18)24-12-14/h3-4,9-10,12H,2,5-8,11H2,1H3,(H,20,23). The fourth-order valence-electron chi connectivity index (χ4n) is 2.72. The van der Waals surface area contributed by atoms with Crippen molar-refractivity contribution < 1.29 is 9.21 Å². The van der Waals surface area contributed by atoms with Gasteiger partial charge in [-0.3, -0.25) is 4.79 Å². The molecule has 2 aromatic rings. The van der Waals surface area contributed by atoms with Crippen LogP contribution in [0.5, 0.6) is 0 Å². The van der Waals surface area contributed by atoms with E-state index in [1.807, 2.05) is 18.3 Å². The highest BCUT2D eigenvalue weighted by Gasteiger charge is 2.16. The second kappa shape index (κ2) is 7.81. The van der Waals surface area contributed by atoms with Gasteiger partial charge >= 0.3 is 0 Å². The zero-order valence-electron chi connectivity index (χ0n) is 13.7. The van der Waals surface area contributed by atoms with Gasteiger partial charge in [-0.2, -0.15) is 0 Å². The van der Waals surface area contributed by atoms with Gasteiger partial charge in [0.15, 0.2) is 4.67 Å². The van der Waals surface area contributed by atoms with Crippen molar-refractivity contribution >= 4 is 27.7 Å². The number of nitrogens with zero attached hydrogens (tertiary/aromatic N) is 3. The van der Waals surface area contributed by atoms with Crippen LogP contribution in [-0.4, -0.2) is 48.5 Å². The number of likely N-dealkylation sites (N-methyl/N-ethyl adjacent to an activating group) is 1. The molecule has 0 bridgehead atoms. The molecule has 0 aliphatic carbocycles. The van der Waals surface area contributed by atoms with Gasteiger partial charge in [0.1, 0.15) is 12.1 Å². The van der Waals surface area contributed by atoms with Crippen molar-refractivity contribution in [3.05, 3.63) is 46.5 Å². The van der Waals surface area contributed by atoms with Gasteiger partial charge in [0.05, 0.1) is 5.56 Å². The summed E-state index contributed by atoms with van der Waals surface area (Å²) in [5.41, 5.74) is 1.47. The summed E-state index contributed by atoms with van der Waals surface area (Å²) in [6, 6.07) is 5.68. The van der Waals surface area contributed by atoms with E-state index in [9.17, 15) is 4.79 Å². The lowest BCUT2D eigenvalue weighted by atomic mass is 10.2. The molecule has 0 radical (unpaired) electrons. The maximum absolute atomic E-state index is 12.0. The lowest BCUT2D eigenvalue weighted by Gasteiger charge is -2.34. The van der Waals surface area contributed by atoms with Crippen LogP contribution in [0.25, 0.3) is 0 Å². The SMILES string of the molecule is CCN1CCN(c2ccc(CNC(=O)c3coc(Br)c3)cn2)CC1. The van der Waals surface area contributed by atoms with Crippen LogP contribution < -0.4 is 10.2 Å². The first kappa shape index (κ1) is 17.0. The highest BCUT2D eigenvalue weighted by Crippen LogP contribution is 2.15. The molecule has 1 amide bonds. The van der Waals surface area contributed by atoms with Crippen molar-refractivity contribution in [2.24, 2.45) is 0 Å². The minimum atomic E-state index is -0.163. The predicted molar refractivity (Wildman–Crippen MR) is 96.1 cm³/mol. The summed E-state index contributed by atoms with van der Waals surface area (Å²) in [6.07, 6.45) is 3.25. The predicted octanol–water partition coefficient (Wildman–Crippen LogP) is 2.51. The van der Waals surface area contributed by atoms with E-state index in [4.69, 9.17) is 4.42 Å². The molecule has 1 fully saturated rings. The molecule has 2 aromatic heterocycles. The molecule has 3 rings (SSSR count). The molecule has 7 heteroatoms. The summed E-state index contributed by atoms with van der Waals surface area (Å²) in [4.78, 5) is 21.3. The van der Waals surface area contributed by atoms with Crippen LogP contribution in [0.1, 0.15) is 22.8 Å². The number of halogens is 1. The number of carbonyl (C=O) groups is 1. The quantitative estimate of drug-likeness (QED) is 0.846. The number of anilines is 1. The number of hydrogen-bond acceptors (Lipinski definition) is 5. The van der Waals surface area contributed by atoms with Crippen LogP contribution in [0.4, 0.5) is 5.82 Å². The number of nitrogens with one attached hydrogen (secondary N) is 1. The lowest BCUT2D eigenvalue weighted by Crippen LogP contribution is -2.46. The molecule has 128 valence electrons. The molecular weight excluding hydrogens is 372 g/mol. The number of hydrogen-bond donors (Lipinski definition) is 1. The number of furan rings is 1. The molecule has 0 spiro atoms. The zero-order valence-corrected chi connectivity index (χ0v) is 15.3. The molecule has 1 saturated heterocycles. The van der Waals surface area contributed by atoms with Crippen molar-refractivity contribution in [2.45, 2.75) is 13.5 Å². The lowest BCUT2D eigenvalue weighted by molar-refractivity contribution is 0.0950. The smallest absolute Gasteiger partial charge is 0.254 e. The van der Waals surface area contributed by atoms with Crippen LogP contribution in [0.3, 0.4) is 0 Å². The monoisotopic (exact) mass is 392 g/mol. The van der Waals surface area contributed by atoms with E-state index in [1.54, 1.807) is 6.07 Å². The molecule has 24 heavy (non-hydrogen) atoms. The summed E-state index contributed by atoms with van der Waals surface area (Å²) in [7, 11) is 0. The molecule has 1 aliphatic heterocycles. The summed E-state index contributed by atoms with van der Waals surface area (Å²) >= 11 is 3.19. The molecule has 0 saturated carbocycles. The summed E-state index contributed by atoms with van der Waals surface area (Å²) in [6.45, 7) is 7.91. The molecule has 1 aliphatic rings. The molecule has 0 unspecified atom stereocenters. The maximum Gasteiger partial charge on any atom is 0.254 e. The number of amides is 1. The summed E-state index contributed by atoms with van der Waals surface area (Å²) in [5.74, 6) is 0.837. The van der Waals surface area contributed by atoms with Crippen molar-refractivity contribution in [1.29, 1.82) is 0 Å². The third-order valence-electron chi connectivity index (χ3n) is 4.24. The van der Waals surface area contributed by atoms with Gasteiger partial charge in [-0.15, -0.1) is 0 Å². The fourth-order valence-corrected chi connectivity index (χ4v) is 3.06.